The molecule has 0 aliphatic carbocycles. The summed E-state index contributed by atoms with van der Waals surface area (Å²) < 4.78 is 10.8. The number of carbonyl (C=O) groups excluding carboxylic acids is 2. The van der Waals surface area contributed by atoms with Gasteiger partial charge in [-0.1, -0.05) is 0 Å². The van der Waals surface area contributed by atoms with Gasteiger partial charge in [-0.05, 0) is 0 Å². The predicted molar refractivity (Wildman–Crippen MR) is 97.5 cm³/mol. The molecule has 132 valence electrons. The molecule has 2 aromatic rings. The fourth-order valence-electron chi connectivity index (χ4n) is 1.68. The van der Waals surface area contributed by atoms with Crippen molar-refractivity contribution < 1.29 is 15.9 Å². The van der Waals surface area contributed by atoms with Gasteiger partial charge in [0.1, 0.15) is 0 Å². The number of hydrogen-bond donors (Lipinski definition) is 2. The van der Waals surface area contributed by atoms with Gasteiger partial charge >= 0.3 is 161 Å². The summed E-state index contributed by atoms with van der Waals surface area (Å²) in [5.74, 6) is -0.844. The molecule has 0 saturated carbocycles. The van der Waals surface area contributed by atoms with Crippen molar-refractivity contribution in [3.05, 3.63) is 69.7 Å². The summed E-state index contributed by atoms with van der Waals surface area (Å²) in [6, 6.07) is 12.7. The monoisotopic (exact) mass is 490 g/mol. The number of hydrogen-bond acceptors (Lipinski definition) is 4. The van der Waals surface area contributed by atoms with E-state index in [9.17, 15) is 9.59 Å². The van der Waals surface area contributed by atoms with Crippen molar-refractivity contribution in [2.75, 3.05) is 0 Å². The first-order valence-electron chi connectivity index (χ1n) is 7.25. The third kappa shape index (κ3) is 6.48. The van der Waals surface area contributed by atoms with Crippen LogP contribution in [0.15, 0.2) is 48.5 Å². The van der Waals surface area contributed by atoms with Crippen LogP contribution < -0.4 is 11.0 Å². The Balaban J connectivity index is 1.84. The van der Waals surface area contributed by atoms with Gasteiger partial charge < -0.3 is 0 Å². The summed E-state index contributed by atoms with van der Waals surface area (Å²) in [7, 11) is 0. The molecule has 0 unspecified atom stereocenters. The van der Waals surface area contributed by atoms with Gasteiger partial charge in [-0.3, -0.25) is 0 Å². The first kappa shape index (κ1) is 20.0. The van der Waals surface area contributed by atoms with E-state index in [1.807, 2.05) is 0 Å². The molecule has 0 radical (unpaired) electrons. The predicted octanol–water partition coefficient (Wildman–Crippen LogP) is 3.72. The zero-order chi connectivity index (χ0) is 18.4. The number of benzene rings is 2. The number of hydroxylamine groups is 2. The Morgan fingerprint density at radius 3 is 1.40 bits per heavy atom. The number of amides is 2. The molecular weight excluding hydrogens is 474 g/mol. The zero-order valence-electron chi connectivity index (χ0n) is 13.5. The Morgan fingerprint density at radius 2 is 1.08 bits per heavy atom. The first-order valence-corrected chi connectivity index (χ1v) is 16.0. The summed E-state index contributed by atoms with van der Waals surface area (Å²) in [5, 5.41) is 1.07. The quantitative estimate of drug-likeness (QED) is 0.479. The topological polar surface area (TPSA) is 76.7 Å². The molecule has 0 aliphatic rings. The average Bonchev–Trinajstić information content (AvgIpc) is 2.59. The molecule has 2 N–H and O–H groups in total. The van der Waals surface area contributed by atoms with Crippen LogP contribution in [-0.4, -0.2) is 31.0 Å². The number of halogens is 2. The molecule has 0 atom stereocenters. The van der Waals surface area contributed by atoms with Crippen LogP contribution in [-0.2, 0) is 6.35 Å². The zero-order valence-corrected chi connectivity index (χ0v) is 17.9. The molecule has 0 fully saturated rings. The molecule has 0 saturated heterocycles. The molecule has 0 aliphatic heterocycles. The Hall–Kier alpha value is -1.32. The van der Waals surface area contributed by atoms with Crippen molar-refractivity contribution >= 4 is 54.2 Å². The molecule has 9 heteroatoms. The summed E-state index contributed by atoms with van der Waals surface area (Å²) in [5.41, 5.74) is 5.49. The first-order chi connectivity index (χ1) is 11.8. The van der Waals surface area contributed by atoms with E-state index in [1.165, 1.54) is 0 Å². The Labute approximate surface area is 160 Å². The molecule has 2 rings (SSSR count). The van der Waals surface area contributed by atoms with Crippen molar-refractivity contribution in [3.63, 3.8) is 0 Å². The van der Waals surface area contributed by atoms with E-state index < -0.39 is 31.0 Å². The maximum absolute atomic E-state index is 12.0. The minimum absolute atomic E-state index is 0.400. The molecule has 0 heterocycles. The van der Waals surface area contributed by atoms with E-state index in [0.717, 1.165) is 0 Å². The van der Waals surface area contributed by atoms with Crippen LogP contribution in [0.4, 0.5) is 0 Å². The molecule has 25 heavy (non-hydrogen) atoms. The molecular formula is C16H16Cl2N2O4Sn. The van der Waals surface area contributed by atoms with Crippen LogP contribution in [0.5, 0.6) is 0 Å². The van der Waals surface area contributed by atoms with Gasteiger partial charge in [-0.25, -0.2) is 0 Å². The number of nitrogens with one attached hydrogen (secondary N) is 2. The summed E-state index contributed by atoms with van der Waals surface area (Å²) in [4.78, 5) is 27.5. The van der Waals surface area contributed by atoms with Crippen LogP contribution >= 0.6 is 23.2 Å². The van der Waals surface area contributed by atoms with Gasteiger partial charge in [0.25, 0.3) is 0 Å². The molecule has 0 aromatic heterocycles. The van der Waals surface area contributed by atoms with Gasteiger partial charge in [0, 0.05) is 0 Å². The van der Waals surface area contributed by atoms with Crippen LogP contribution in [0.1, 0.15) is 20.7 Å². The van der Waals surface area contributed by atoms with Gasteiger partial charge in [0.05, 0.1) is 0 Å². The van der Waals surface area contributed by atoms with Crippen LogP contribution in [0.2, 0.25) is 19.9 Å². The van der Waals surface area contributed by atoms with Crippen LogP contribution in [0.25, 0.3) is 0 Å². The van der Waals surface area contributed by atoms with Crippen molar-refractivity contribution in [1.29, 1.82) is 0 Å². The summed E-state index contributed by atoms with van der Waals surface area (Å²) >= 11 is 7.94. The maximum atomic E-state index is 12.0. The van der Waals surface area contributed by atoms with Crippen molar-refractivity contribution in [2.45, 2.75) is 9.88 Å². The van der Waals surface area contributed by atoms with E-state index in [0.29, 0.717) is 21.2 Å². The summed E-state index contributed by atoms with van der Waals surface area (Å²) in [6.45, 7) is 0. The Kier molecular flexibility index (Phi) is 7.09. The van der Waals surface area contributed by atoms with E-state index in [-0.39, 0.29) is 0 Å². The second kappa shape index (κ2) is 8.86. The second-order valence-electron chi connectivity index (χ2n) is 5.48. The average molecular weight is 490 g/mol. The van der Waals surface area contributed by atoms with E-state index >= 15 is 0 Å². The summed E-state index contributed by atoms with van der Waals surface area (Å²) in [6.07, 6.45) is 0. The fraction of sp³-hybridized carbons (Fsp3) is 0.125. The molecule has 2 amide bonds. The number of carbonyl (C=O) groups is 2. The standard InChI is InChI=1S/2C7H5ClNO2.2CH3.Sn/c2*8-6-3-1-5(2-4-6)7(10)9-11;;;/h2*1-4H,(H-,9,10,11);2*1H3;/q2*-1;;;+2. The Bertz CT molecular complexity index is 688. The van der Waals surface area contributed by atoms with Crippen molar-refractivity contribution in [1.82, 2.24) is 11.0 Å². The van der Waals surface area contributed by atoms with Crippen molar-refractivity contribution in [3.8, 4) is 0 Å². The number of rotatable bonds is 6. The third-order valence-corrected chi connectivity index (χ3v) is 6.88. The molecule has 0 spiro atoms. The van der Waals surface area contributed by atoms with Gasteiger partial charge in [-0.15, -0.1) is 0 Å². The molecule has 2 aromatic carbocycles. The molecule has 6 nitrogen and oxygen atoms in total. The van der Waals surface area contributed by atoms with E-state index in [1.54, 1.807) is 58.4 Å². The third-order valence-electron chi connectivity index (χ3n) is 2.99. The normalized spacial score (nSPS) is 11.0. The van der Waals surface area contributed by atoms with Gasteiger partial charge in [0.15, 0.2) is 0 Å². The SMILES string of the molecule is [CH3][Sn]([CH3])([O]NC(=O)c1ccc(Cl)cc1)[O]NC(=O)c1ccc(Cl)cc1. The van der Waals surface area contributed by atoms with Gasteiger partial charge in [0.2, 0.25) is 0 Å². The van der Waals surface area contributed by atoms with Crippen LogP contribution in [0, 0.1) is 0 Å². The van der Waals surface area contributed by atoms with Gasteiger partial charge in [-0.2, -0.15) is 0 Å². The van der Waals surface area contributed by atoms with E-state index in [2.05, 4.69) is 11.0 Å². The van der Waals surface area contributed by atoms with E-state index in [4.69, 9.17) is 29.6 Å². The van der Waals surface area contributed by atoms with Crippen LogP contribution in [0.3, 0.4) is 0 Å². The Morgan fingerprint density at radius 1 is 0.760 bits per heavy atom. The minimum atomic E-state index is -3.62. The second-order valence-corrected chi connectivity index (χ2v) is 15.5. The fourth-order valence-corrected chi connectivity index (χ4v) is 3.98. The molecule has 0 bridgehead atoms. The van der Waals surface area contributed by atoms with Crippen molar-refractivity contribution in [2.24, 2.45) is 0 Å².